The van der Waals surface area contributed by atoms with E-state index in [-0.39, 0.29) is 35.5 Å². The van der Waals surface area contributed by atoms with Crippen molar-refractivity contribution in [1.29, 1.82) is 0 Å². The molecule has 2 N–H and O–H groups in total. The van der Waals surface area contributed by atoms with Gasteiger partial charge in [-0.3, -0.25) is 4.79 Å². The smallest absolute Gasteiger partial charge is 0.247 e. The molecular formula is C28H23F2N5O4S. The molecule has 1 amide bonds. The summed E-state index contributed by atoms with van der Waals surface area (Å²) in [6.45, 7) is 0. The van der Waals surface area contributed by atoms with Crippen LogP contribution in [0, 0.1) is 11.6 Å². The zero-order chi connectivity index (χ0) is 28.4. The molecule has 9 nitrogen and oxygen atoms in total. The van der Waals surface area contributed by atoms with Crippen LogP contribution in [0.4, 0.5) is 26.1 Å². The van der Waals surface area contributed by atoms with E-state index < -0.39 is 20.5 Å². The van der Waals surface area contributed by atoms with Crippen molar-refractivity contribution in [1.82, 2.24) is 14.6 Å². The number of anilines is 3. The Morgan fingerprint density at radius 2 is 1.68 bits per heavy atom. The first-order valence-electron chi connectivity index (χ1n) is 11.9. The van der Waals surface area contributed by atoms with E-state index in [0.717, 1.165) is 29.5 Å². The Morgan fingerprint density at radius 1 is 0.975 bits per heavy atom. The van der Waals surface area contributed by atoms with Crippen LogP contribution >= 0.6 is 0 Å². The number of nitrogens with zero attached hydrogens (tertiary/aromatic N) is 3. The summed E-state index contributed by atoms with van der Waals surface area (Å²) in [5.41, 5.74) is 3.70. The van der Waals surface area contributed by atoms with E-state index in [1.165, 1.54) is 19.2 Å². The molecule has 204 valence electrons. The Labute approximate surface area is 228 Å². The lowest BCUT2D eigenvalue weighted by Crippen LogP contribution is -2.14. The second-order valence-corrected chi connectivity index (χ2v) is 10.9. The van der Waals surface area contributed by atoms with Crippen LogP contribution in [0.5, 0.6) is 5.75 Å². The summed E-state index contributed by atoms with van der Waals surface area (Å²) in [4.78, 5) is 16.2. The van der Waals surface area contributed by atoms with Gasteiger partial charge in [-0.25, -0.2) is 21.7 Å². The number of sulfone groups is 1. The van der Waals surface area contributed by atoms with E-state index >= 15 is 0 Å². The number of carbonyl (C=O) groups is 1. The number of halogens is 2. The van der Waals surface area contributed by atoms with Gasteiger partial charge in [0.05, 0.1) is 19.2 Å². The molecule has 5 rings (SSSR count). The first kappa shape index (κ1) is 26.8. The second kappa shape index (κ2) is 10.7. The van der Waals surface area contributed by atoms with Crippen LogP contribution in [0.15, 0.2) is 83.9 Å². The number of amides is 1. The first-order valence-corrected chi connectivity index (χ1v) is 13.8. The normalized spacial score (nSPS) is 11.4. The van der Waals surface area contributed by atoms with Crippen molar-refractivity contribution in [2.45, 2.75) is 11.3 Å². The Morgan fingerprint density at radius 3 is 2.35 bits per heavy atom. The molecule has 0 fully saturated rings. The van der Waals surface area contributed by atoms with Crippen LogP contribution in [0.1, 0.15) is 5.56 Å². The number of ether oxygens (including phenoxy) is 1. The van der Waals surface area contributed by atoms with Crippen molar-refractivity contribution in [2.24, 2.45) is 0 Å². The number of methoxy groups -OCH3 is 1. The summed E-state index contributed by atoms with van der Waals surface area (Å²) in [5.74, 6) is -1.22. The van der Waals surface area contributed by atoms with Crippen LogP contribution in [0.25, 0.3) is 16.8 Å². The lowest BCUT2D eigenvalue weighted by atomic mass is 10.1. The molecule has 0 aliphatic rings. The maximum Gasteiger partial charge on any atom is 0.247 e. The molecule has 0 atom stereocenters. The summed E-state index contributed by atoms with van der Waals surface area (Å²) < 4.78 is 58.0. The molecule has 2 aromatic heterocycles. The number of fused-ring (bicyclic) bond motifs is 1. The maximum atomic E-state index is 14.5. The largest absolute Gasteiger partial charge is 0.495 e. The quantitative estimate of drug-likeness (QED) is 0.273. The molecule has 0 spiro atoms. The summed E-state index contributed by atoms with van der Waals surface area (Å²) in [6, 6.07) is 18.8. The van der Waals surface area contributed by atoms with E-state index in [9.17, 15) is 22.0 Å². The first-order chi connectivity index (χ1) is 19.1. The number of rotatable bonds is 8. The van der Waals surface area contributed by atoms with Gasteiger partial charge in [0.2, 0.25) is 11.9 Å². The molecule has 12 heteroatoms. The molecule has 3 aromatic carbocycles. The van der Waals surface area contributed by atoms with Gasteiger partial charge < -0.3 is 15.4 Å². The van der Waals surface area contributed by atoms with E-state index in [2.05, 4.69) is 20.7 Å². The molecule has 0 aliphatic heterocycles. The maximum absolute atomic E-state index is 14.5. The minimum absolute atomic E-state index is 0.117. The fourth-order valence-corrected chi connectivity index (χ4v) is 4.79. The van der Waals surface area contributed by atoms with Gasteiger partial charge in [-0.1, -0.05) is 24.3 Å². The molecule has 0 unspecified atom stereocenters. The Bertz CT molecular complexity index is 1820. The van der Waals surface area contributed by atoms with Crippen molar-refractivity contribution >= 4 is 38.7 Å². The fraction of sp³-hybridized carbons (Fsp3) is 0.107. The topological polar surface area (TPSA) is 115 Å². The summed E-state index contributed by atoms with van der Waals surface area (Å²) in [6.07, 6.45) is 2.81. The van der Waals surface area contributed by atoms with Gasteiger partial charge in [0.15, 0.2) is 15.5 Å². The highest BCUT2D eigenvalue weighted by molar-refractivity contribution is 7.90. The van der Waals surface area contributed by atoms with Crippen LogP contribution in [-0.2, 0) is 21.1 Å². The van der Waals surface area contributed by atoms with Gasteiger partial charge in [-0.15, -0.1) is 5.10 Å². The summed E-state index contributed by atoms with van der Waals surface area (Å²) in [7, 11) is -2.44. The highest BCUT2D eigenvalue weighted by Crippen LogP contribution is 2.32. The van der Waals surface area contributed by atoms with E-state index in [4.69, 9.17) is 4.74 Å². The SMILES string of the molecule is COc1cc(S(C)(=O)=O)c(F)cc1Nc1nc2ccc(-c3ccc(NC(=O)Cc4ccc(F)cc4)cc3)cn2n1. The van der Waals surface area contributed by atoms with Gasteiger partial charge >= 0.3 is 0 Å². The minimum Gasteiger partial charge on any atom is -0.495 e. The van der Waals surface area contributed by atoms with Gasteiger partial charge in [0.1, 0.15) is 22.3 Å². The molecule has 2 heterocycles. The Hall–Kier alpha value is -4.84. The number of hydrogen-bond acceptors (Lipinski definition) is 7. The van der Waals surface area contributed by atoms with Crippen molar-refractivity contribution in [2.75, 3.05) is 24.0 Å². The predicted octanol–water partition coefficient (Wildman–Crippen LogP) is 5.01. The molecule has 0 saturated heterocycles. The van der Waals surface area contributed by atoms with Crippen molar-refractivity contribution in [3.8, 4) is 16.9 Å². The van der Waals surface area contributed by atoms with E-state index in [1.54, 1.807) is 41.0 Å². The average Bonchev–Trinajstić information content (AvgIpc) is 3.31. The third kappa shape index (κ3) is 5.91. The number of benzene rings is 3. The summed E-state index contributed by atoms with van der Waals surface area (Å²) >= 11 is 0. The third-order valence-corrected chi connectivity index (χ3v) is 7.12. The molecule has 0 aliphatic carbocycles. The van der Waals surface area contributed by atoms with Crippen LogP contribution in [0.3, 0.4) is 0 Å². The molecule has 0 bridgehead atoms. The van der Waals surface area contributed by atoms with Crippen molar-refractivity contribution < 1.29 is 26.7 Å². The minimum atomic E-state index is -3.78. The zero-order valence-electron chi connectivity index (χ0n) is 21.4. The van der Waals surface area contributed by atoms with Crippen molar-refractivity contribution in [3.63, 3.8) is 0 Å². The molecule has 40 heavy (non-hydrogen) atoms. The van der Waals surface area contributed by atoms with E-state index in [0.29, 0.717) is 16.9 Å². The number of hydrogen-bond donors (Lipinski definition) is 2. The van der Waals surface area contributed by atoms with Crippen molar-refractivity contribution in [3.05, 3.63) is 96.2 Å². The third-order valence-electron chi connectivity index (χ3n) is 6.01. The van der Waals surface area contributed by atoms with Gasteiger partial charge in [-0.05, 0) is 47.5 Å². The molecule has 0 saturated carbocycles. The van der Waals surface area contributed by atoms with Gasteiger partial charge in [-0.2, -0.15) is 4.98 Å². The lowest BCUT2D eigenvalue weighted by molar-refractivity contribution is -0.115. The van der Waals surface area contributed by atoms with E-state index in [1.807, 2.05) is 18.2 Å². The molecular weight excluding hydrogens is 540 g/mol. The lowest BCUT2D eigenvalue weighted by Gasteiger charge is -2.11. The van der Waals surface area contributed by atoms with Crippen LogP contribution in [-0.4, -0.2) is 42.3 Å². The standard InChI is InChI=1S/C28H23F2N5O4S/c1-39-24-15-25(40(2,37)38)22(30)14-23(24)32-28-33-26-12-7-19(16-35(26)34-28)18-5-10-21(11-6-18)31-27(36)13-17-3-8-20(29)9-4-17/h3-12,14-16H,13H2,1-2H3,(H,31,36)(H,32,34). The zero-order valence-corrected chi connectivity index (χ0v) is 22.2. The number of nitrogens with one attached hydrogen (secondary N) is 2. The highest BCUT2D eigenvalue weighted by Gasteiger charge is 2.19. The number of pyridine rings is 1. The second-order valence-electron chi connectivity index (χ2n) is 8.96. The summed E-state index contributed by atoms with van der Waals surface area (Å²) in [5, 5.41) is 10.1. The number of carbonyl (C=O) groups excluding carboxylic acids is 1. The van der Waals surface area contributed by atoms with Gasteiger partial charge in [0, 0.05) is 35.8 Å². The monoisotopic (exact) mass is 563 g/mol. The molecule has 5 aromatic rings. The van der Waals surface area contributed by atoms with Crippen LogP contribution < -0.4 is 15.4 Å². The predicted molar refractivity (Wildman–Crippen MR) is 147 cm³/mol. The van der Waals surface area contributed by atoms with Gasteiger partial charge in [0.25, 0.3) is 0 Å². The van der Waals surface area contributed by atoms with Crippen LogP contribution in [0.2, 0.25) is 0 Å². The fourth-order valence-electron chi connectivity index (χ4n) is 4.05. The molecule has 0 radical (unpaired) electrons. The highest BCUT2D eigenvalue weighted by atomic mass is 32.2. The Balaban J connectivity index is 1.31. The average molecular weight is 564 g/mol. The number of aromatic nitrogens is 3. The Kier molecular flexibility index (Phi) is 7.18.